The first-order valence-corrected chi connectivity index (χ1v) is 9.61. The van der Waals surface area contributed by atoms with Crippen LogP contribution >= 0.6 is 0 Å². The van der Waals surface area contributed by atoms with E-state index in [2.05, 4.69) is 6.07 Å². The van der Waals surface area contributed by atoms with E-state index in [0.29, 0.717) is 13.0 Å². The summed E-state index contributed by atoms with van der Waals surface area (Å²) in [5, 5.41) is 1.20. The van der Waals surface area contributed by atoms with Crippen LogP contribution in [0.4, 0.5) is 0 Å². The molecule has 2 aliphatic rings. The molecule has 2 unspecified atom stereocenters. The molecule has 25 heavy (non-hydrogen) atoms. The van der Waals surface area contributed by atoms with Gasteiger partial charge in [0.1, 0.15) is 23.2 Å². The van der Waals surface area contributed by atoms with Crippen LogP contribution in [0.3, 0.4) is 0 Å². The smallest absolute Gasteiger partial charge is 0.306 e. The third-order valence-electron chi connectivity index (χ3n) is 5.54. The number of ether oxygens (including phenoxy) is 2. The highest BCUT2D eigenvalue weighted by atomic mass is 16.5. The molecular weight excluding hydrogens is 316 g/mol. The van der Waals surface area contributed by atoms with Gasteiger partial charge >= 0.3 is 5.97 Å². The fraction of sp³-hybridized carbons (Fsp3) is 0.571. The number of benzene rings is 1. The molecule has 1 aromatic heterocycles. The molecule has 0 amide bonds. The lowest BCUT2D eigenvalue weighted by Crippen LogP contribution is -2.24. The van der Waals surface area contributed by atoms with Gasteiger partial charge in [-0.05, 0) is 63.6 Å². The quantitative estimate of drug-likeness (QED) is 0.732. The van der Waals surface area contributed by atoms with E-state index in [0.717, 1.165) is 49.2 Å². The van der Waals surface area contributed by atoms with E-state index in [1.54, 1.807) is 0 Å². The van der Waals surface area contributed by atoms with Gasteiger partial charge in [0.05, 0.1) is 13.0 Å². The van der Waals surface area contributed by atoms with Crippen LogP contribution in [0.15, 0.2) is 22.6 Å². The van der Waals surface area contributed by atoms with E-state index in [-0.39, 0.29) is 18.0 Å². The van der Waals surface area contributed by atoms with Crippen LogP contribution in [0.2, 0.25) is 0 Å². The minimum absolute atomic E-state index is 0.101. The second-order valence-electron chi connectivity index (χ2n) is 7.23. The van der Waals surface area contributed by atoms with Gasteiger partial charge in [0.15, 0.2) is 0 Å². The van der Waals surface area contributed by atoms with Crippen molar-refractivity contribution in [1.82, 2.24) is 0 Å². The second-order valence-corrected chi connectivity index (χ2v) is 7.23. The topological polar surface area (TPSA) is 48.7 Å². The van der Waals surface area contributed by atoms with Gasteiger partial charge in [0, 0.05) is 23.3 Å². The lowest BCUT2D eigenvalue weighted by molar-refractivity contribution is -0.144. The largest absolute Gasteiger partial charge is 0.490 e. The predicted molar refractivity (Wildman–Crippen MR) is 95.9 cm³/mol. The number of furan rings is 1. The number of fused-ring (bicyclic) bond motifs is 3. The molecule has 2 aromatic rings. The van der Waals surface area contributed by atoms with E-state index in [1.807, 2.05) is 19.1 Å². The molecule has 4 heteroatoms. The summed E-state index contributed by atoms with van der Waals surface area (Å²) < 4.78 is 17.4. The van der Waals surface area contributed by atoms with E-state index in [9.17, 15) is 4.79 Å². The maximum Gasteiger partial charge on any atom is 0.306 e. The van der Waals surface area contributed by atoms with Crippen molar-refractivity contribution in [3.05, 3.63) is 29.5 Å². The number of aryl methyl sites for hydroxylation is 2. The highest BCUT2D eigenvalue weighted by Crippen LogP contribution is 2.36. The van der Waals surface area contributed by atoms with E-state index < -0.39 is 0 Å². The molecule has 0 spiro atoms. The van der Waals surface area contributed by atoms with Crippen molar-refractivity contribution >= 4 is 16.9 Å². The van der Waals surface area contributed by atoms with Crippen molar-refractivity contribution in [3.63, 3.8) is 0 Å². The zero-order chi connectivity index (χ0) is 17.2. The first-order chi connectivity index (χ1) is 12.2. The van der Waals surface area contributed by atoms with E-state index in [4.69, 9.17) is 13.9 Å². The third kappa shape index (κ3) is 3.39. The first kappa shape index (κ1) is 16.5. The zero-order valence-electron chi connectivity index (χ0n) is 14.9. The van der Waals surface area contributed by atoms with Crippen molar-refractivity contribution in [2.24, 2.45) is 5.92 Å². The highest BCUT2D eigenvalue weighted by Gasteiger charge is 2.31. The molecule has 0 bridgehead atoms. The average molecular weight is 342 g/mol. The van der Waals surface area contributed by atoms with Gasteiger partial charge in [-0.25, -0.2) is 0 Å². The minimum Gasteiger partial charge on any atom is -0.490 e. The summed E-state index contributed by atoms with van der Waals surface area (Å²) in [6.45, 7) is 2.29. The molecule has 4 nitrogen and oxygen atoms in total. The van der Waals surface area contributed by atoms with Gasteiger partial charge < -0.3 is 13.9 Å². The summed E-state index contributed by atoms with van der Waals surface area (Å²) in [4.78, 5) is 11.8. The Labute approximate surface area is 148 Å². The predicted octanol–water partition coefficient (Wildman–Crippen LogP) is 4.81. The Balaban J connectivity index is 1.51. The maximum absolute atomic E-state index is 11.8. The number of hydrogen-bond donors (Lipinski definition) is 0. The Hall–Kier alpha value is -1.97. The van der Waals surface area contributed by atoms with Crippen molar-refractivity contribution in [2.45, 2.75) is 64.4 Å². The van der Waals surface area contributed by atoms with Crippen molar-refractivity contribution in [1.29, 1.82) is 0 Å². The molecule has 2 atom stereocenters. The molecule has 1 saturated carbocycles. The van der Waals surface area contributed by atoms with Crippen molar-refractivity contribution in [2.75, 3.05) is 6.61 Å². The second kappa shape index (κ2) is 7.11. The summed E-state index contributed by atoms with van der Waals surface area (Å²) in [7, 11) is 0. The maximum atomic E-state index is 11.8. The summed E-state index contributed by atoms with van der Waals surface area (Å²) in [6, 6.07) is 6.15. The fourth-order valence-corrected chi connectivity index (χ4v) is 4.32. The highest BCUT2D eigenvalue weighted by molar-refractivity contribution is 5.84. The molecule has 1 fully saturated rings. The van der Waals surface area contributed by atoms with Gasteiger partial charge in [0.25, 0.3) is 0 Å². The van der Waals surface area contributed by atoms with Gasteiger partial charge in [-0.15, -0.1) is 0 Å². The number of esters is 1. The standard InChI is InChI=1S/C21H26O4/c1-2-23-21(22)12-14-6-5-9-18(14)24-15-10-11-20-17(13-15)16-7-3-4-8-19(16)25-20/h10-11,13-14,18H,2-9,12H2,1H3. The van der Waals surface area contributed by atoms with Crippen LogP contribution in [-0.4, -0.2) is 18.7 Å². The Morgan fingerprint density at radius 1 is 1.20 bits per heavy atom. The summed E-state index contributed by atoms with van der Waals surface area (Å²) in [6.07, 6.45) is 8.30. The van der Waals surface area contributed by atoms with Crippen molar-refractivity contribution in [3.8, 4) is 5.75 Å². The zero-order valence-corrected chi connectivity index (χ0v) is 14.9. The average Bonchev–Trinajstić information content (AvgIpc) is 3.19. The van der Waals surface area contributed by atoms with Gasteiger partial charge in [0.2, 0.25) is 0 Å². The van der Waals surface area contributed by atoms with Crippen LogP contribution in [0.1, 0.15) is 56.8 Å². The summed E-state index contributed by atoms with van der Waals surface area (Å²) in [5.41, 5.74) is 2.33. The van der Waals surface area contributed by atoms with Crippen LogP contribution in [0.25, 0.3) is 11.0 Å². The Morgan fingerprint density at radius 2 is 2.08 bits per heavy atom. The van der Waals surface area contributed by atoms with E-state index >= 15 is 0 Å². The first-order valence-electron chi connectivity index (χ1n) is 9.61. The summed E-state index contributed by atoms with van der Waals surface area (Å²) in [5.74, 6) is 2.19. The van der Waals surface area contributed by atoms with Crippen LogP contribution in [-0.2, 0) is 22.4 Å². The molecule has 1 heterocycles. The Bertz CT molecular complexity index is 761. The van der Waals surface area contributed by atoms with E-state index in [1.165, 1.54) is 23.8 Å². The SMILES string of the molecule is CCOC(=O)CC1CCCC1Oc1ccc2oc3c(c2c1)CCCC3. The van der Waals surface area contributed by atoms with Crippen LogP contribution in [0, 0.1) is 5.92 Å². The van der Waals surface area contributed by atoms with Gasteiger partial charge in [-0.2, -0.15) is 0 Å². The third-order valence-corrected chi connectivity index (χ3v) is 5.54. The van der Waals surface area contributed by atoms with Gasteiger partial charge in [-0.3, -0.25) is 4.79 Å². The molecule has 2 aliphatic carbocycles. The molecule has 0 saturated heterocycles. The number of rotatable bonds is 5. The lowest BCUT2D eigenvalue weighted by Gasteiger charge is -2.20. The molecule has 4 rings (SSSR count). The Morgan fingerprint density at radius 3 is 2.96 bits per heavy atom. The Kier molecular flexibility index (Phi) is 4.69. The van der Waals surface area contributed by atoms with Gasteiger partial charge in [-0.1, -0.05) is 0 Å². The summed E-state index contributed by atoms with van der Waals surface area (Å²) >= 11 is 0. The number of hydrogen-bond acceptors (Lipinski definition) is 4. The monoisotopic (exact) mass is 342 g/mol. The lowest BCUT2D eigenvalue weighted by atomic mass is 9.96. The number of carbonyl (C=O) groups excluding carboxylic acids is 1. The molecule has 1 aromatic carbocycles. The fourth-order valence-electron chi connectivity index (χ4n) is 4.32. The van der Waals surface area contributed by atoms with Crippen LogP contribution in [0.5, 0.6) is 5.75 Å². The van der Waals surface area contributed by atoms with Crippen LogP contribution < -0.4 is 4.74 Å². The van der Waals surface area contributed by atoms with Crippen molar-refractivity contribution < 1.29 is 18.7 Å². The minimum atomic E-state index is -0.109. The molecule has 134 valence electrons. The normalized spacial score (nSPS) is 22.8. The number of carbonyl (C=O) groups is 1. The molecule has 0 aliphatic heterocycles. The molecule has 0 N–H and O–H groups in total. The molecular formula is C21H26O4. The molecule has 0 radical (unpaired) electrons.